The van der Waals surface area contributed by atoms with Gasteiger partial charge in [0.15, 0.2) is 0 Å². The van der Waals surface area contributed by atoms with Gasteiger partial charge in [0.25, 0.3) is 5.91 Å². The monoisotopic (exact) mass is 395 g/mol. The first-order valence-corrected chi connectivity index (χ1v) is 8.75. The SMILES string of the molecule is CC(Nc1cncc(C(=O)Nc2ccccc2Br)c1)c1ccccc1. The molecular weight excluding hydrogens is 378 g/mol. The summed E-state index contributed by atoms with van der Waals surface area (Å²) in [6, 6.07) is 19.6. The van der Waals surface area contributed by atoms with Gasteiger partial charge < -0.3 is 10.6 Å². The Hall–Kier alpha value is -2.66. The van der Waals surface area contributed by atoms with Crippen molar-refractivity contribution in [1.82, 2.24) is 4.98 Å². The van der Waals surface area contributed by atoms with Gasteiger partial charge in [0.05, 0.1) is 16.9 Å². The maximum atomic E-state index is 12.5. The predicted molar refractivity (Wildman–Crippen MR) is 105 cm³/mol. The van der Waals surface area contributed by atoms with Gasteiger partial charge in [0, 0.05) is 22.9 Å². The van der Waals surface area contributed by atoms with Gasteiger partial charge in [0.1, 0.15) is 0 Å². The van der Waals surface area contributed by atoms with Gasteiger partial charge in [-0.15, -0.1) is 0 Å². The Morgan fingerprint density at radius 1 is 1.04 bits per heavy atom. The summed E-state index contributed by atoms with van der Waals surface area (Å²) in [4.78, 5) is 16.7. The smallest absolute Gasteiger partial charge is 0.257 e. The largest absolute Gasteiger partial charge is 0.377 e. The average molecular weight is 396 g/mol. The summed E-state index contributed by atoms with van der Waals surface area (Å²) >= 11 is 3.43. The number of hydrogen-bond acceptors (Lipinski definition) is 3. The molecule has 2 N–H and O–H groups in total. The van der Waals surface area contributed by atoms with Gasteiger partial charge in [-0.05, 0) is 46.6 Å². The number of halogens is 1. The zero-order chi connectivity index (χ0) is 17.6. The highest BCUT2D eigenvalue weighted by Crippen LogP contribution is 2.23. The number of nitrogens with zero attached hydrogens (tertiary/aromatic N) is 1. The second kappa shape index (κ2) is 7.94. The number of aromatic nitrogens is 1. The molecule has 1 unspecified atom stereocenters. The summed E-state index contributed by atoms with van der Waals surface area (Å²) in [5.41, 5.74) is 3.20. The molecule has 1 atom stereocenters. The highest BCUT2D eigenvalue weighted by atomic mass is 79.9. The van der Waals surface area contributed by atoms with Crippen molar-refractivity contribution in [3.05, 3.63) is 88.7 Å². The third kappa shape index (κ3) is 4.45. The second-order valence-corrected chi connectivity index (χ2v) is 6.53. The second-order valence-electron chi connectivity index (χ2n) is 5.67. The van der Waals surface area contributed by atoms with E-state index in [9.17, 15) is 4.79 Å². The van der Waals surface area contributed by atoms with Crippen LogP contribution in [0.15, 0.2) is 77.5 Å². The third-order valence-corrected chi connectivity index (χ3v) is 4.50. The summed E-state index contributed by atoms with van der Waals surface area (Å²) in [5.74, 6) is -0.199. The summed E-state index contributed by atoms with van der Waals surface area (Å²) in [6.07, 6.45) is 3.28. The normalized spacial score (nSPS) is 11.6. The van der Waals surface area contributed by atoms with Gasteiger partial charge in [-0.2, -0.15) is 0 Å². The van der Waals surface area contributed by atoms with Crippen molar-refractivity contribution in [1.29, 1.82) is 0 Å². The van der Waals surface area contributed by atoms with E-state index in [1.807, 2.05) is 42.5 Å². The highest BCUT2D eigenvalue weighted by molar-refractivity contribution is 9.10. The number of carbonyl (C=O) groups excluding carboxylic acids is 1. The van der Waals surface area contributed by atoms with Gasteiger partial charge in [-0.3, -0.25) is 9.78 Å². The van der Waals surface area contributed by atoms with Crippen LogP contribution in [0.2, 0.25) is 0 Å². The van der Waals surface area contributed by atoms with E-state index in [1.54, 1.807) is 18.5 Å². The fourth-order valence-electron chi connectivity index (χ4n) is 2.48. The molecule has 0 aliphatic carbocycles. The lowest BCUT2D eigenvalue weighted by Crippen LogP contribution is -2.13. The molecule has 4 nitrogen and oxygen atoms in total. The lowest BCUT2D eigenvalue weighted by molar-refractivity contribution is 0.102. The molecule has 0 aliphatic rings. The third-order valence-electron chi connectivity index (χ3n) is 3.81. The lowest BCUT2D eigenvalue weighted by Gasteiger charge is -2.16. The van der Waals surface area contributed by atoms with Crippen molar-refractivity contribution >= 4 is 33.2 Å². The number of hydrogen-bond donors (Lipinski definition) is 2. The van der Waals surface area contributed by atoms with Crippen molar-refractivity contribution in [2.45, 2.75) is 13.0 Å². The molecule has 1 aromatic heterocycles. The Balaban J connectivity index is 1.73. The van der Waals surface area contributed by atoms with Crippen molar-refractivity contribution in [2.75, 3.05) is 10.6 Å². The molecule has 0 saturated heterocycles. The molecule has 0 radical (unpaired) electrons. The highest BCUT2D eigenvalue weighted by Gasteiger charge is 2.11. The van der Waals surface area contributed by atoms with Crippen molar-refractivity contribution in [3.63, 3.8) is 0 Å². The van der Waals surface area contributed by atoms with Crippen molar-refractivity contribution in [3.8, 4) is 0 Å². The Bertz CT molecular complexity index is 868. The quantitative estimate of drug-likeness (QED) is 0.618. The molecule has 25 heavy (non-hydrogen) atoms. The van der Waals surface area contributed by atoms with Crippen LogP contribution < -0.4 is 10.6 Å². The molecule has 0 spiro atoms. The zero-order valence-corrected chi connectivity index (χ0v) is 15.3. The van der Waals surface area contributed by atoms with Crippen LogP contribution in [0.25, 0.3) is 0 Å². The van der Waals surface area contributed by atoms with Crippen molar-refractivity contribution < 1.29 is 4.79 Å². The first-order chi connectivity index (χ1) is 12.1. The maximum Gasteiger partial charge on any atom is 0.257 e. The maximum absolute atomic E-state index is 12.5. The minimum absolute atomic E-state index is 0.115. The van der Waals surface area contributed by atoms with E-state index in [1.165, 1.54) is 5.56 Å². The van der Waals surface area contributed by atoms with Gasteiger partial charge >= 0.3 is 0 Å². The van der Waals surface area contributed by atoms with Crippen LogP contribution in [-0.2, 0) is 0 Å². The minimum Gasteiger partial charge on any atom is -0.377 e. The zero-order valence-electron chi connectivity index (χ0n) is 13.7. The number of carbonyl (C=O) groups is 1. The van der Waals surface area contributed by atoms with Gasteiger partial charge in [-0.1, -0.05) is 42.5 Å². The Kier molecular flexibility index (Phi) is 5.46. The van der Waals surface area contributed by atoms with E-state index in [4.69, 9.17) is 0 Å². The van der Waals surface area contributed by atoms with Crippen LogP contribution in [0, 0.1) is 0 Å². The fraction of sp³-hybridized carbons (Fsp3) is 0.100. The number of rotatable bonds is 5. The minimum atomic E-state index is -0.199. The molecule has 2 aromatic carbocycles. The van der Waals surface area contributed by atoms with Crippen LogP contribution in [0.1, 0.15) is 28.9 Å². The molecule has 5 heteroatoms. The van der Waals surface area contributed by atoms with E-state index < -0.39 is 0 Å². The van der Waals surface area contributed by atoms with Crippen LogP contribution in [0.5, 0.6) is 0 Å². The first-order valence-electron chi connectivity index (χ1n) is 7.96. The van der Waals surface area contributed by atoms with E-state index in [0.29, 0.717) is 5.56 Å². The standard InChI is InChI=1S/C20H18BrN3O/c1-14(15-7-3-2-4-8-15)23-17-11-16(12-22-13-17)20(25)24-19-10-6-5-9-18(19)21/h2-14,23H,1H3,(H,24,25). The van der Waals surface area contributed by atoms with E-state index in [0.717, 1.165) is 15.8 Å². The number of anilines is 2. The molecule has 0 bridgehead atoms. The molecule has 0 saturated carbocycles. The Morgan fingerprint density at radius 3 is 2.52 bits per heavy atom. The Morgan fingerprint density at radius 2 is 1.76 bits per heavy atom. The summed E-state index contributed by atoms with van der Waals surface area (Å²) in [7, 11) is 0. The summed E-state index contributed by atoms with van der Waals surface area (Å²) in [6.45, 7) is 2.07. The van der Waals surface area contributed by atoms with Crippen LogP contribution in [0.4, 0.5) is 11.4 Å². The van der Waals surface area contributed by atoms with Crippen LogP contribution in [-0.4, -0.2) is 10.9 Å². The van der Waals surface area contributed by atoms with Crippen LogP contribution >= 0.6 is 15.9 Å². The molecule has 0 fully saturated rings. The van der Waals surface area contributed by atoms with E-state index in [2.05, 4.69) is 50.6 Å². The fourth-order valence-corrected chi connectivity index (χ4v) is 2.86. The number of pyridine rings is 1. The summed E-state index contributed by atoms with van der Waals surface area (Å²) < 4.78 is 0.836. The number of benzene rings is 2. The van der Waals surface area contributed by atoms with E-state index in [-0.39, 0.29) is 11.9 Å². The number of amides is 1. The lowest BCUT2D eigenvalue weighted by atomic mass is 10.1. The molecule has 3 rings (SSSR count). The summed E-state index contributed by atoms with van der Waals surface area (Å²) in [5, 5.41) is 6.26. The molecule has 126 valence electrons. The topological polar surface area (TPSA) is 54.0 Å². The number of nitrogens with one attached hydrogen (secondary N) is 2. The molecule has 1 heterocycles. The van der Waals surface area contributed by atoms with Gasteiger partial charge in [0.2, 0.25) is 0 Å². The number of para-hydroxylation sites is 1. The Labute approximate surface area is 155 Å². The van der Waals surface area contributed by atoms with Crippen LogP contribution in [0.3, 0.4) is 0 Å². The van der Waals surface area contributed by atoms with Crippen molar-refractivity contribution in [2.24, 2.45) is 0 Å². The molecule has 1 amide bonds. The first kappa shape index (κ1) is 17.2. The van der Waals surface area contributed by atoms with E-state index >= 15 is 0 Å². The molecular formula is C20H18BrN3O. The average Bonchev–Trinajstić information content (AvgIpc) is 2.64. The predicted octanol–water partition coefficient (Wildman–Crippen LogP) is 5.27. The van der Waals surface area contributed by atoms with Gasteiger partial charge in [-0.25, -0.2) is 0 Å². The molecule has 0 aliphatic heterocycles. The molecule has 3 aromatic rings.